The minimum absolute atomic E-state index is 0. The Morgan fingerprint density at radius 2 is 1.17 bits per heavy atom. The van der Waals surface area contributed by atoms with Gasteiger partial charge in [0.2, 0.25) is 0 Å². The van der Waals surface area contributed by atoms with Gasteiger partial charge in [-0.2, -0.15) is 0 Å². The van der Waals surface area contributed by atoms with Gasteiger partial charge in [0.15, 0.2) is 0 Å². The SMILES string of the molecule is [Cl-].c1ccc(C[N+]23CCC(CC2)C(C(c2ccccc2)c2ccccc2)C3)cc1. The molecule has 0 spiro atoms. The molecule has 3 saturated heterocycles. The topological polar surface area (TPSA) is 0 Å². The van der Waals surface area contributed by atoms with E-state index in [0.29, 0.717) is 5.92 Å². The first-order chi connectivity index (χ1) is 13.8. The van der Waals surface area contributed by atoms with Gasteiger partial charge in [-0.1, -0.05) is 91.0 Å². The smallest absolute Gasteiger partial charge is 0.104 e. The highest BCUT2D eigenvalue weighted by Gasteiger charge is 2.48. The molecule has 1 unspecified atom stereocenters. The maximum atomic E-state index is 2.34. The molecular weight excluding hydrogens is 374 g/mol. The summed E-state index contributed by atoms with van der Waals surface area (Å²) in [6.07, 6.45) is 2.77. The van der Waals surface area contributed by atoms with E-state index < -0.39 is 0 Å². The fourth-order valence-electron chi connectivity index (χ4n) is 5.92. The molecule has 3 aromatic carbocycles. The zero-order valence-corrected chi connectivity index (χ0v) is 17.7. The van der Waals surface area contributed by atoms with Crippen LogP contribution in [0.3, 0.4) is 0 Å². The van der Waals surface area contributed by atoms with E-state index in [9.17, 15) is 0 Å². The molecule has 3 fully saturated rings. The third-order valence-corrected chi connectivity index (χ3v) is 7.26. The van der Waals surface area contributed by atoms with Crippen LogP contribution in [0, 0.1) is 11.8 Å². The summed E-state index contributed by atoms with van der Waals surface area (Å²) >= 11 is 0. The van der Waals surface area contributed by atoms with Crippen LogP contribution >= 0.6 is 0 Å². The van der Waals surface area contributed by atoms with E-state index in [0.717, 1.165) is 11.8 Å². The summed E-state index contributed by atoms with van der Waals surface area (Å²) in [5.74, 6) is 2.11. The summed E-state index contributed by atoms with van der Waals surface area (Å²) in [6, 6.07) is 33.7. The summed E-state index contributed by atoms with van der Waals surface area (Å²) in [6.45, 7) is 5.22. The molecule has 3 aliphatic heterocycles. The van der Waals surface area contributed by atoms with Crippen LogP contribution in [0.15, 0.2) is 91.0 Å². The summed E-state index contributed by atoms with van der Waals surface area (Å²) in [4.78, 5) is 0. The Bertz CT molecular complexity index is 846. The average Bonchev–Trinajstić information content (AvgIpc) is 2.77. The quantitative estimate of drug-likeness (QED) is 0.575. The van der Waals surface area contributed by atoms with E-state index >= 15 is 0 Å². The Kier molecular flexibility index (Phi) is 6.08. The molecule has 3 heterocycles. The fourth-order valence-corrected chi connectivity index (χ4v) is 5.92. The number of hydrogen-bond acceptors (Lipinski definition) is 0. The van der Waals surface area contributed by atoms with Crippen molar-refractivity contribution >= 4 is 0 Å². The molecular formula is C27H30ClN. The molecule has 2 heteroatoms. The first-order valence-corrected chi connectivity index (χ1v) is 10.8. The van der Waals surface area contributed by atoms with Gasteiger partial charge in [0, 0.05) is 30.2 Å². The second kappa shape index (κ2) is 8.73. The van der Waals surface area contributed by atoms with E-state index in [2.05, 4.69) is 91.0 Å². The molecule has 6 rings (SSSR count). The Hall–Kier alpha value is -2.09. The maximum absolute atomic E-state index is 2.34. The lowest BCUT2D eigenvalue weighted by molar-refractivity contribution is -0.959. The van der Waals surface area contributed by atoms with Crippen LogP contribution in [0.1, 0.15) is 35.4 Å². The third kappa shape index (κ3) is 4.13. The molecule has 1 atom stereocenters. The van der Waals surface area contributed by atoms with E-state index in [-0.39, 0.29) is 12.4 Å². The van der Waals surface area contributed by atoms with E-state index in [1.807, 2.05) is 0 Å². The second-order valence-corrected chi connectivity index (χ2v) is 8.92. The lowest BCUT2D eigenvalue weighted by Gasteiger charge is -2.54. The minimum Gasteiger partial charge on any atom is -1.00 e. The highest BCUT2D eigenvalue weighted by Crippen LogP contribution is 2.47. The first kappa shape index (κ1) is 20.2. The fraction of sp³-hybridized carbons (Fsp3) is 0.333. The van der Waals surface area contributed by atoms with Gasteiger partial charge in [-0.15, -0.1) is 0 Å². The number of halogens is 1. The lowest BCUT2D eigenvalue weighted by atomic mass is 9.67. The van der Waals surface area contributed by atoms with Crippen molar-refractivity contribution in [2.24, 2.45) is 11.8 Å². The van der Waals surface area contributed by atoms with Gasteiger partial charge in [-0.25, -0.2) is 0 Å². The van der Waals surface area contributed by atoms with Crippen LogP contribution in [0.4, 0.5) is 0 Å². The molecule has 1 nitrogen and oxygen atoms in total. The maximum Gasteiger partial charge on any atom is 0.104 e. The van der Waals surface area contributed by atoms with Gasteiger partial charge in [0.25, 0.3) is 0 Å². The van der Waals surface area contributed by atoms with E-state index in [1.54, 1.807) is 0 Å². The van der Waals surface area contributed by atoms with Crippen molar-refractivity contribution in [2.75, 3.05) is 19.6 Å². The zero-order valence-electron chi connectivity index (χ0n) is 17.0. The Morgan fingerprint density at radius 1 is 0.690 bits per heavy atom. The third-order valence-electron chi connectivity index (χ3n) is 7.26. The molecule has 0 aromatic heterocycles. The number of piperidine rings is 3. The Morgan fingerprint density at radius 3 is 1.69 bits per heavy atom. The highest BCUT2D eigenvalue weighted by molar-refractivity contribution is 5.34. The van der Waals surface area contributed by atoms with Crippen LogP contribution in [0.25, 0.3) is 0 Å². The molecule has 0 amide bonds. The number of fused-ring (bicyclic) bond motifs is 3. The van der Waals surface area contributed by atoms with Crippen LogP contribution in [-0.2, 0) is 6.54 Å². The average molecular weight is 404 g/mol. The largest absolute Gasteiger partial charge is 1.00 e. The summed E-state index contributed by atoms with van der Waals surface area (Å²) < 4.78 is 1.28. The molecule has 0 aliphatic carbocycles. The van der Waals surface area contributed by atoms with Gasteiger partial charge < -0.3 is 16.9 Å². The zero-order chi connectivity index (χ0) is 18.8. The molecule has 0 saturated carbocycles. The molecule has 3 aromatic rings. The standard InChI is InChI=1S/C27H30N.ClH/c1-4-10-22(11-5-1)20-28-18-16-23(17-19-28)26(21-28)27(24-12-6-2-7-13-24)25-14-8-3-9-15-25;/h1-15,23,26-27H,16-21H2;1H/q+1;/p-1. The highest BCUT2D eigenvalue weighted by atomic mass is 35.5. The van der Waals surface area contributed by atoms with Crippen LogP contribution in [0.2, 0.25) is 0 Å². The molecule has 2 bridgehead atoms. The number of rotatable bonds is 5. The molecule has 3 aliphatic rings. The van der Waals surface area contributed by atoms with Crippen molar-refractivity contribution in [3.63, 3.8) is 0 Å². The Labute approximate surface area is 181 Å². The summed E-state index contributed by atoms with van der Waals surface area (Å²) in [5.41, 5.74) is 4.48. The van der Waals surface area contributed by atoms with Crippen LogP contribution in [0.5, 0.6) is 0 Å². The first-order valence-electron chi connectivity index (χ1n) is 10.8. The Balaban J connectivity index is 0.00000205. The van der Waals surface area contributed by atoms with Gasteiger partial charge in [-0.3, -0.25) is 0 Å². The van der Waals surface area contributed by atoms with Crippen molar-refractivity contribution in [2.45, 2.75) is 25.3 Å². The van der Waals surface area contributed by atoms with Crippen molar-refractivity contribution < 1.29 is 16.9 Å². The predicted molar refractivity (Wildman–Crippen MR) is 116 cm³/mol. The van der Waals surface area contributed by atoms with E-state index in [1.165, 1.54) is 60.2 Å². The van der Waals surface area contributed by atoms with Gasteiger partial charge in [-0.05, 0) is 17.0 Å². The monoisotopic (exact) mass is 403 g/mol. The number of nitrogens with zero attached hydrogens (tertiary/aromatic N) is 1. The van der Waals surface area contributed by atoms with Crippen LogP contribution in [-0.4, -0.2) is 24.1 Å². The number of benzene rings is 3. The minimum atomic E-state index is 0. The van der Waals surface area contributed by atoms with Crippen molar-refractivity contribution in [1.82, 2.24) is 0 Å². The van der Waals surface area contributed by atoms with Crippen molar-refractivity contribution in [3.8, 4) is 0 Å². The molecule has 0 N–H and O–H groups in total. The summed E-state index contributed by atoms with van der Waals surface area (Å²) in [7, 11) is 0. The summed E-state index contributed by atoms with van der Waals surface area (Å²) in [5, 5.41) is 0. The lowest BCUT2D eigenvalue weighted by Crippen LogP contribution is -3.00. The second-order valence-electron chi connectivity index (χ2n) is 8.92. The number of quaternary nitrogens is 1. The molecule has 29 heavy (non-hydrogen) atoms. The van der Waals surface area contributed by atoms with Gasteiger partial charge in [0.05, 0.1) is 19.6 Å². The van der Waals surface area contributed by atoms with E-state index in [4.69, 9.17) is 0 Å². The van der Waals surface area contributed by atoms with Crippen LogP contribution < -0.4 is 12.4 Å². The van der Waals surface area contributed by atoms with Crippen molar-refractivity contribution in [3.05, 3.63) is 108 Å². The molecule has 0 radical (unpaired) electrons. The normalized spacial score (nSPS) is 25.6. The predicted octanol–water partition coefficient (Wildman–Crippen LogP) is 2.88. The van der Waals surface area contributed by atoms with Gasteiger partial charge in [0.1, 0.15) is 6.54 Å². The van der Waals surface area contributed by atoms with Gasteiger partial charge >= 0.3 is 0 Å². The van der Waals surface area contributed by atoms with Crippen molar-refractivity contribution in [1.29, 1.82) is 0 Å². The molecule has 150 valence electrons. The number of hydrogen-bond donors (Lipinski definition) is 0.